The molecule has 0 aliphatic heterocycles. The second-order valence-corrected chi connectivity index (χ2v) is 20.2. The molecule has 1 aliphatic rings. The average molecular weight is 898 g/mol. The fourth-order valence-corrected chi connectivity index (χ4v) is 9.53. The zero-order chi connectivity index (χ0) is 38.9. The molecular weight excluding hydrogens is 844 g/mol. The van der Waals surface area contributed by atoms with Crippen molar-refractivity contribution in [1.29, 1.82) is 0 Å². The van der Waals surface area contributed by atoms with Crippen molar-refractivity contribution in [2.75, 3.05) is 0 Å². The summed E-state index contributed by atoms with van der Waals surface area (Å²) in [5.74, 6) is 2.50. The van der Waals surface area contributed by atoms with Crippen molar-refractivity contribution in [3.8, 4) is 23.0 Å². The van der Waals surface area contributed by atoms with Crippen molar-refractivity contribution in [3.05, 3.63) is 117 Å². The molecule has 0 unspecified atom stereocenters. The minimum absolute atomic E-state index is 0.00173. The summed E-state index contributed by atoms with van der Waals surface area (Å²) in [5, 5.41) is 2.45. The minimum atomic E-state index is -0.0177. The zero-order valence-electron chi connectivity index (χ0n) is 34.2. The van der Waals surface area contributed by atoms with E-state index in [4.69, 9.17) is 9.72 Å². The topological polar surface area (TPSA) is 36.9 Å². The predicted molar refractivity (Wildman–Crippen MR) is 221 cm³/mol. The number of rotatable bonds is 4. The number of fused-ring (bicyclic) bond motifs is 5. The summed E-state index contributed by atoms with van der Waals surface area (Å²) < 4.78 is 14.8. The maximum absolute atomic E-state index is 6.75. The van der Waals surface area contributed by atoms with E-state index in [1.54, 1.807) is 0 Å². The molecule has 0 bridgehead atoms. The Hall–Kier alpha value is -4.21. The molecule has 3 aromatic heterocycles. The molecule has 0 N–H and O–H groups in total. The van der Waals surface area contributed by atoms with Crippen LogP contribution < -0.4 is 4.74 Å². The van der Waals surface area contributed by atoms with Gasteiger partial charge in [-0.1, -0.05) is 62.3 Å². The molecular formula is C48H54N4OPt. The fourth-order valence-electron chi connectivity index (χ4n) is 8.69. The van der Waals surface area contributed by atoms with E-state index in [1.165, 1.54) is 49.6 Å². The third-order valence-corrected chi connectivity index (χ3v) is 14.6. The van der Waals surface area contributed by atoms with E-state index in [0.717, 1.165) is 32.3 Å². The van der Waals surface area contributed by atoms with Gasteiger partial charge in [-0.3, -0.25) is 0 Å². The molecule has 3 heterocycles. The van der Waals surface area contributed by atoms with Gasteiger partial charge >= 0.3 is 220 Å². The van der Waals surface area contributed by atoms with Crippen molar-refractivity contribution in [2.45, 2.75) is 105 Å². The monoisotopic (exact) mass is 897 g/mol. The second-order valence-electron chi connectivity index (χ2n) is 19.1. The van der Waals surface area contributed by atoms with Gasteiger partial charge in [0.15, 0.2) is 0 Å². The number of aromatic nitrogens is 4. The summed E-state index contributed by atoms with van der Waals surface area (Å²) in [6.07, 6.45) is 1.96. The van der Waals surface area contributed by atoms with Crippen molar-refractivity contribution < 1.29 is 24.1 Å². The molecule has 8 rings (SSSR count). The molecule has 6 heteroatoms. The molecule has 282 valence electrons. The molecule has 0 atom stereocenters. The van der Waals surface area contributed by atoms with E-state index in [0.29, 0.717) is 0 Å². The number of pyridine rings is 1. The summed E-state index contributed by atoms with van der Waals surface area (Å²) >= 11 is 2.43. The first-order chi connectivity index (χ1) is 25.1. The van der Waals surface area contributed by atoms with Crippen LogP contribution in [-0.2, 0) is 48.1 Å². The quantitative estimate of drug-likeness (QED) is 0.176. The average Bonchev–Trinajstić information content (AvgIpc) is 3.59. The summed E-state index contributed by atoms with van der Waals surface area (Å²) in [4.78, 5) is 5.01. The Balaban J connectivity index is 1.28. The van der Waals surface area contributed by atoms with Gasteiger partial charge in [0.2, 0.25) is 0 Å². The zero-order valence-corrected chi connectivity index (χ0v) is 36.4. The van der Waals surface area contributed by atoms with E-state index in [2.05, 4.69) is 202 Å². The van der Waals surface area contributed by atoms with E-state index in [9.17, 15) is 0 Å². The summed E-state index contributed by atoms with van der Waals surface area (Å²) in [7, 11) is 2.14. The van der Waals surface area contributed by atoms with Gasteiger partial charge in [-0.15, -0.1) is 0 Å². The van der Waals surface area contributed by atoms with Gasteiger partial charge in [0.1, 0.15) is 0 Å². The molecule has 5 nitrogen and oxygen atoms in total. The van der Waals surface area contributed by atoms with Gasteiger partial charge in [-0.25, -0.2) is 0 Å². The van der Waals surface area contributed by atoms with Crippen molar-refractivity contribution in [2.24, 2.45) is 12.5 Å². The SMILES string of the molecule is Cn1[c](=[Pt])n(-c2cccc(Oc3ccc4c5cc6c(cc5n(-c5cc(C(C)(C)C)ccn5)c4c3)C(C)(C)C(C)(C)C6(C)C)c2)c2ccc(C(C)(C)C)cc21. The number of hydrogen-bond acceptors (Lipinski definition) is 2. The molecule has 0 fully saturated rings. The Labute approximate surface area is 331 Å². The first-order valence-corrected chi connectivity index (χ1v) is 20.3. The van der Waals surface area contributed by atoms with Crippen molar-refractivity contribution >= 4 is 32.8 Å². The van der Waals surface area contributed by atoms with Gasteiger partial charge in [-0.2, -0.15) is 0 Å². The van der Waals surface area contributed by atoms with Crippen LogP contribution in [0.25, 0.3) is 44.3 Å². The Morgan fingerprint density at radius 1 is 0.593 bits per heavy atom. The molecule has 0 radical (unpaired) electrons. The molecule has 0 saturated heterocycles. The number of ether oxygens (including phenoxy) is 1. The summed E-state index contributed by atoms with van der Waals surface area (Å²) in [6, 6.07) is 31.2. The Bertz CT molecular complexity index is 2720. The van der Waals surface area contributed by atoms with Crippen LogP contribution in [-0.4, -0.2) is 18.7 Å². The van der Waals surface area contributed by atoms with Gasteiger partial charge in [0.25, 0.3) is 0 Å². The van der Waals surface area contributed by atoms with Crippen molar-refractivity contribution in [3.63, 3.8) is 0 Å². The molecule has 0 spiro atoms. The molecule has 7 aromatic rings. The van der Waals surface area contributed by atoms with Crippen LogP contribution >= 0.6 is 0 Å². The fraction of sp³-hybridized carbons (Fsp3) is 0.375. The summed E-state index contributed by atoms with van der Waals surface area (Å²) in [6.45, 7) is 28.1. The van der Waals surface area contributed by atoms with Gasteiger partial charge in [-0.05, 0) is 44.4 Å². The van der Waals surface area contributed by atoms with Crippen LogP contribution in [0.3, 0.4) is 0 Å². The molecule has 1 aliphatic carbocycles. The maximum atomic E-state index is 6.75. The standard InChI is InChI=1S/C48H54N4O.Pt/c1-44(2,3)30-17-20-39-42(23-30)50(13)29-51(39)32-15-14-16-33(25-32)53-34-18-19-35-36-27-37-38(47(9,10)48(11,12)46(37,7)8)28-41(36)52(40(35)26-34)43-24-31(21-22-49-43)45(4,5)6;/h14-28H,1-13H3;. The van der Waals surface area contributed by atoms with Gasteiger partial charge in [0, 0.05) is 6.20 Å². The molecule has 4 aromatic carbocycles. The van der Waals surface area contributed by atoms with Crippen molar-refractivity contribution in [1.82, 2.24) is 18.7 Å². The molecule has 54 heavy (non-hydrogen) atoms. The Morgan fingerprint density at radius 2 is 1.22 bits per heavy atom. The summed E-state index contributed by atoms with van der Waals surface area (Å²) in [5.41, 5.74) is 11.3. The van der Waals surface area contributed by atoms with Crippen LogP contribution in [0.15, 0.2) is 91.1 Å². The van der Waals surface area contributed by atoms with Crippen LogP contribution in [0, 0.1) is 9.22 Å². The first-order valence-electron chi connectivity index (χ1n) is 19.2. The van der Waals surface area contributed by atoms with E-state index in [-0.39, 0.29) is 27.1 Å². The van der Waals surface area contributed by atoms with Crippen LogP contribution in [0.4, 0.5) is 0 Å². The third kappa shape index (κ3) is 5.35. The van der Waals surface area contributed by atoms with Crippen LogP contribution in [0.2, 0.25) is 0 Å². The second kappa shape index (κ2) is 11.9. The molecule has 0 amide bonds. The first kappa shape index (κ1) is 36.7. The van der Waals surface area contributed by atoms with E-state index in [1.807, 2.05) is 12.3 Å². The van der Waals surface area contributed by atoms with Gasteiger partial charge < -0.3 is 0 Å². The Kier molecular flexibility index (Phi) is 8.09. The normalized spacial score (nSPS) is 16.4. The number of benzene rings is 4. The third-order valence-electron chi connectivity index (χ3n) is 13.4. The van der Waals surface area contributed by atoms with Gasteiger partial charge in [0.05, 0.1) is 0 Å². The predicted octanol–water partition coefficient (Wildman–Crippen LogP) is 12.5. The number of aryl methyl sites for hydroxylation is 1. The molecule has 0 saturated carbocycles. The number of hydrogen-bond donors (Lipinski definition) is 0. The van der Waals surface area contributed by atoms with E-state index < -0.39 is 0 Å². The number of imidazole rings is 1. The van der Waals surface area contributed by atoms with Crippen LogP contribution in [0.1, 0.15) is 105 Å². The Morgan fingerprint density at radius 3 is 1.91 bits per heavy atom. The van der Waals surface area contributed by atoms with E-state index >= 15 is 0 Å². The van der Waals surface area contributed by atoms with Crippen LogP contribution in [0.5, 0.6) is 11.5 Å². The number of nitrogens with zero attached hydrogens (tertiary/aromatic N) is 4.